The summed E-state index contributed by atoms with van der Waals surface area (Å²) in [6.07, 6.45) is 0. The van der Waals surface area contributed by atoms with Gasteiger partial charge in [0.15, 0.2) is 0 Å². The molecule has 0 radical (unpaired) electrons. The van der Waals surface area contributed by atoms with E-state index in [1.807, 2.05) is 32.0 Å². The van der Waals surface area contributed by atoms with Crippen LogP contribution in [-0.4, -0.2) is 0 Å². The van der Waals surface area contributed by atoms with Crippen LogP contribution in [0, 0.1) is 25.5 Å². The fourth-order valence-electron chi connectivity index (χ4n) is 2.10. The van der Waals surface area contributed by atoms with Crippen molar-refractivity contribution in [3.05, 3.63) is 70.3 Å². The predicted molar refractivity (Wildman–Crippen MR) is 68.3 cm³/mol. The lowest BCUT2D eigenvalue weighted by molar-refractivity contribution is 0.576. The van der Waals surface area contributed by atoms with E-state index in [1.54, 1.807) is 0 Å². The van der Waals surface area contributed by atoms with E-state index >= 15 is 0 Å². The van der Waals surface area contributed by atoms with Crippen molar-refractivity contribution in [2.75, 3.05) is 0 Å². The summed E-state index contributed by atoms with van der Waals surface area (Å²) < 4.78 is 26.8. The van der Waals surface area contributed by atoms with Gasteiger partial charge in [-0.2, -0.15) is 0 Å². The van der Waals surface area contributed by atoms with Crippen LogP contribution >= 0.6 is 0 Å². The van der Waals surface area contributed by atoms with E-state index in [9.17, 15) is 8.78 Å². The molecule has 0 saturated heterocycles. The third kappa shape index (κ3) is 2.41. The highest BCUT2D eigenvalue weighted by molar-refractivity contribution is 5.39. The summed E-state index contributed by atoms with van der Waals surface area (Å²) in [6.45, 7) is 3.89. The average molecular weight is 247 g/mol. The Hall–Kier alpha value is -1.74. The molecule has 1 atom stereocenters. The van der Waals surface area contributed by atoms with Crippen molar-refractivity contribution in [1.29, 1.82) is 0 Å². The zero-order valence-corrected chi connectivity index (χ0v) is 10.4. The molecule has 18 heavy (non-hydrogen) atoms. The van der Waals surface area contributed by atoms with Crippen LogP contribution < -0.4 is 5.73 Å². The largest absolute Gasteiger partial charge is 0.320 e. The number of benzene rings is 2. The first kappa shape index (κ1) is 12.7. The second kappa shape index (κ2) is 4.86. The van der Waals surface area contributed by atoms with Gasteiger partial charge in [-0.3, -0.25) is 0 Å². The summed E-state index contributed by atoms with van der Waals surface area (Å²) in [7, 11) is 0. The van der Waals surface area contributed by atoms with Gasteiger partial charge in [0.2, 0.25) is 0 Å². The van der Waals surface area contributed by atoms with Gasteiger partial charge >= 0.3 is 0 Å². The Morgan fingerprint density at radius 1 is 0.944 bits per heavy atom. The molecule has 2 N–H and O–H groups in total. The van der Waals surface area contributed by atoms with Crippen molar-refractivity contribution >= 4 is 0 Å². The SMILES string of the molecule is Cc1ccc(C(N)c2cc(F)ccc2F)c(C)c1. The van der Waals surface area contributed by atoms with E-state index in [1.165, 1.54) is 0 Å². The monoisotopic (exact) mass is 247 g/mol. The van der Waals surface area contributed by atoms with Gasteiger partial charge in [-0.05, 0) is 43.2 Å². The van der Waals surface area contributed by atoms with Crippen molar-refractivity contribution in [3.63, 3.8) is 0 Å². The zero-order chi connectivity index (χ0) is 13.3. The van der Waals surface area contributed by atoms with E-state index in [0.717, 1.165) is 34.9 Å². The maximum Gasteiger partial charge on any atom is 0.128 e. The van der Waals surface area contributed by atoms with Gasteiger partial charge in [-0.15, -0.1) is 0 Å². The summed E-state index contributed by atoms with van der Waals surface area (Å²) in [5, 5.41) is 0. The first-order valence-electron chi connectivity index (χ1n) is 5.76. The first-order valence-corrected chi connectivity index (χ1v) is 5.76. The second-order valence-electron chi connectivity index (χ2n) is 4.50. The summed E-state index contributed by atoms with van der Waals surface area (Å²) in [5.41, 5.74) is 9.11. The minimum absolute atomic E-state index is 0.182. The molecule has 0 amide bonds. The maximum atomic E-state index is 13.7. The molecule has 2 rings (SSSR count). The Kier molecular flexibility index (Phi) is 3.43. The smallest absolute Gasteiger partial charge is 0.128 e. The summed E-state index contributed by atoms with van der Waals surface area (Å²) in [5.74, 6) is -0.963. The molecule has 1 nitrogen and oxygen atoms in total. The van der Waals surface area contributed by atoms with Gasteiger partial charge in [-0.1, -0.05) is 23.8 Å². The van der Waals surface area contributed by atoms with E-state index in [4.69, 9.17) is 5.73 Å². The van der Waals surface area contributed by atoms with E-state index in [-0.39, 0.29) is 5.56 Å². The molecular formula is C15H15F2N. The minimum Gasteiger partial charge on any atom is -0.320 e. The molecule has 0 aliphatic carbocycles. The number of hydrogen-bond donors (Lipinski definition) is 1. The Morgan fingerprint density at radius 3 is 2.33 bits per heavy atom. The van der Waals surface area contributed by atoms with Crippen molar-refractivity contribution in [2.45, 2.75) is 19.9 Å². The van der Waals surface area contributed by atoms with E-state index < -0.39 is 17.7 Å². The lowest BCUT2D eigenvalue weighted by atomic mass is 9.94. The molecule has 2 aromatic carbocycles. The molecule has 0 aliphatic heterocycles. The second-order valence-corrected chi connectivity index (χ2v) is 4.50. The number of nitrogens with two attached hydrogens (primary N) is 1. The highest BCUT2D eigenvalue weighted by atomic mass is 19.1. The van der Waals surface area contributed by atoms with Crippen LogP contribution in [0.25, 0.3) is 0 Å². The van der Waals surface area contributed by atoms with Crippen molar-refractivity contribution < 1.29 is 8.78 Å². The van der Waals surface area contributed by atoms with Crippen LogP contribution in [0.15, 0.2) is 36.4 Å². The van der Waals surface area contributed by atoms with Crippen molar-refractivity contribution in [1.82, 2.24) is 0 Å². The molecule has 0 saturated carbocycles. The number of rotatable bonds is 2. The van der Waals surface area contributed by atoms with Crippen LogP contribution in [0.1, 0.15) is 28.3 Å². The Bertz CT molecular complexity index is 579. The Morgan fingerprint density at radius 2 is 1.67 bits per heavy atom. The molecule has 0 aliphatic rings. The van der Waals surface area contributed by atoms with E-state index in [0.29, 0.717) is 0 Å². The summed E-state index contributed by atoms with van der Waals surface area (Å²) in [6, 6.07) is 8.45. The highest BCUT2D eigenvalue weighted by Gasteiger charge is 2.16. The maximum absolute atomic E-state index is 13.7. The molecule has 2 aromatic rings. The lowest BCUT2D eigenvalue weighted by Gasteiger charge is -2.16. The lowest BCUT2D eigenvalue weighted by Crippen LogP contribution is -2.15. The van der Waals surface area contributed by atoms with Gasteiger partial charge < -0.3 is 5.73 Å². The Balaban J connectivity index is 2.47. The number of hydrogen-bond acceptors (Lipinski definition) is 1. The standard InChI is InChI=1S/C15H15F2N/c1-9-3-5-12(10(2)7-9)15(18)13-8-11(16)4-6-14(13)17/h3-8,15H,18H2,1-2H3. The van der Waals surface area contributed by atoms with Gasteiger partial charge in [0.1, 0.15) is 11.6 Å². The first-order chi connectivity index (χ1) is 8.49. The fraction of sp³-hybridized carbons (Fsp3) is 0.200. The van der Waals surface area contributed by atoms with Crippen LogP contribution in [-0.2, 0) is 0 Å². The van der Waals surface area contributed by atoms with Gasteiger partial charge in [0, 0.05) is 5.56 Å². The topological polar surface area (TPSA) is 26.0 Å². The van der Waals surface area contributed by atoms with Crippen LogP contribution in [0.5, 0.6) is 0 Å². The molecule has 0 spiro atoms. The molecule has 0 aromatic heterocycles. The van der Waals surface area contributed by atoms with Gasteiger partial charge in [-0.25, -0.2) is 8.78 Å². The molecule has 1 unspecified atom stereocenters. The molecule has 3 heteroatoms. The third-order valence-electron chi connectivity index (χ3n) is 3.05. The molecule has 0 fully saturated rings. The Labute approximate surface area is 105 Å². The van der Waals surface area contributed by atoms with Gasteiger partial charge in [0.25, 0.3) is 0 Å². The van der Waals surface area contributed by atoms with Crippen molar-refractivity contribution in [2.24, 2.45) is 5.73 Å². The summed E-state index contributed by atoms with van der Waals surface area (Å²) >= 11 is 0. The van der Waals surface area contributed by atoms with Crippen LogP contribution in [0.3, 0.4) is 0 Å². The van der Waals surface area contributed by atoms with E-state index in [2.05, 4.69) is 0 Å². The van der Waals surface area contributed by atoms with Crippen LogP contribution in [0.4, 0.5) is 8.78 Å². The normalized spacial score (nSPS) is 12.5. The quantitative estimate of drug-likeness (QED) is 0.861. The number of halogens is 2. The van der Waals surface area contributed by atoms with Crippen molar-refractivity contribution in [3.8, 4) is 0 Å². The fourth-order valence-corrected chi connectivity index (χ4v) is 2.10. The molecule has 0 heterocycles. The highest BCUT2D eigenvalue weighted by Crippen LogP contribution is 2.25. The molecular weight excluding hydrogens is 232 g/mol. The van der Waals surface area contributed by atoms with Crippen LogP contribution in [0.2, 0.25) is 0 Å². The minimum atomic E-state index is -0.652. The predicted octanol–water partition coefficient (Wildman–Crippen LogP) is 3.63. The molecule has 0 bridgehead atoms. The molecule has 94 valence electrons. The zero-order valence-electron chi connectivity index (χ0n) is 10.4. The average Bonchev–Trinajstić information content (AvgIpc) is 2.31. The number of aryl methyl sites for hydroxylation is 2. The summed E-state index contributed by atoms with van der Waals surface area (Å²) in [4.78, 5) is 0. The van der Waals surface area contributed by atoms with Gasteiger partial charge in [0.05, 0.1) is 6.04 Å². The third-order valence-corrected chi connectivity index (χ3v) is 3.05.